The van der Waals surface area contributed by atoms with E-state index in [-0.39, 0.29) is 22.6 Å². The van der Waals surface area contributed by atoms with Crippen molar-refractivity contribution in [2.24, 2.45) is 11.1 Å². The number of hydrogen-bond acceptors (Lipinski definition) is 5. The van der Waals surface area contributed by atoms with E-state index in [2.05, 4.69) is 28.1 Å². The van der Waals surface area contributed by atoms with Crippen LogP contribution in [0.25, 0.3) is 0 Å². The predicted molar refractivity (Wildman–Crippen MR) is 158 cm³/mol. The second kappa shape index (κ2) is 10.6. The number of allylic oxidation sites excluding steroid dienone is 3. The number of nitrogens with two attached hydrogens (primary N) is 1. The van der Waals surface area contributed by atoms with Crippen molar-refractivity contribution in [3.05, 3.63) is 116 Å². The van der Waals surface area contributed by atoms with E-state index in [4.69, 9.17) is 10.5 Å². The first-order chi connectivity index (χ1) is 19.0. The Balaban J connectivity index is 1.67. The van der Waals surface area contributed by atoms with Gasteiger partial charge >= 0.3 is 0 Å². The zero-order valence-electron chi connectivity index (χ0n) is 23.0. The van der Waals surface area contributed by atoms with Crippen LogP contribution < -0.4 is 15.4 Å². The number of anilines is 1. The van der Waals surface area contributed by atoms with Gasteiger partial charge in [-0.25, -0.2) is 4.39 Å². The molecule has 0 amide bonds. The van der Waals surface area contributed by atoms with Gasteiger partial charge in [0.05, 0.1) is 27.7 Å². The zero-order valence-corrected chi connectivity index (χ0v) is 24.6. The number of hydrogen-bond donors (Lipinski definition) is 1. The molecular formula is C33H31BrFN3O2. The molecule has 0 saturated carbocycles. The molecular weight excluding hydrogens is 569 g/mol. The Kier molecular flexibility index (Phi) is 7.32. The number of aryl methyl sites for hydroxylation is 2. The van der Waals surface area contributed by atoms with E-state index >= 15 is 0 Å². The Labute approximate surface area is 242 Å². The van der Waals surface area contributed by atoms with Crippen LogP contribution in [0.5, 0.6) is 5.75 Å². The summed E-state index contributed by atoms with van der Waals surface area (Å²) in [6, 6.07) is 20.2. The highest BCUT2D eigenvalue weighted by Crippen LogP contribution is 2.51. The van der Waals surface area contributed by atoms with Crippen LogP contribution in [0.2, 0.25) is 0 Å². The summed E-state index contributed by atoms with van der Waals surface area (Å²) >= 11 is 3.53. The highest BCUT2D eigenvalue weighted by atomic mass is 79.9. The molecule has 0 saturated heterocycles. The van der Waals surface area contributed by atoms with E-state index in [9.17, 15) is 14.4 Å². The third-order valence-electron chi connectivity index (χ3n) is 7.70. The van der Waals surface area contributed by atoms with E-state index in [0.29, 0.717) is 30.7 Å². The summed E-state index contributed by atoms with van der Waals surface area (Å²) in [5, 5.41) is 10.4. The average molecular weight is 601 g/mol. The molecule has 2 aliphatic rings. The molecule has 1 aliphatic heterocycles. The molecule has 0 bridgehead atoms. The van der Waals surface area contributed by atoms with Crippen molar-refractivity contribution in [1.82, 2.24) is 0 Å². The molecule has 5 rings (SSSR count). The lowest BCUT2D eigenvalue weighted by molar-refractivity contribution is -0.118. The number of carbonyl (C=O) groups excluding carboxylic acids is 1. The van der Waals surface area contributed by atoms with Gasteiger partial charge in [0.25, 0.3) is 0 Å². The van der Waals surface area contributed by atoms with Gasteiger partial charge in [0, 0.05) is 17.7 Å². The summed E-state index contributed by atoms with van der Waals surface area (Å²) in [7, 11) is 0. The lowest BCUT2D eigenvalue weighted by Gasteiger charge is -2.44. The van der Waals surface area contributed by atoms with E-state index in [1.165, 1.54) is 12.1 Å². The van der Waals surface area contributed by atoms with Crippen molar-refractivity contribution < 1.29 is 13.9 Å². The topological polar surface area (TPSA) is 79.4 Å². The number of nitrogens with zero attached hydrogens (tertiary/aromatic N) is 2. The number of benzene rings is 3. The summed E-state index contributed by atoms with van der Waals surface area (Å²) in [6.45, 7) is 8.42. The molecule has 5 nitrogen and oxygen atoms in total. The number of ketones is 1. The first-order valence-electron chi connectivity index (χ1n) is 13.2. The van der Waals surface area contributed by atoms with E-state index in [1.807, 2.05) is 58.0 Å². The van der Waals surface area contributed by atoms with Gasteiger partial charge in [-0.3, -0.25) is 9.69 Å². The minimum Gasteiger partial charge on any atom is -0.488 e. The molecule has 1 aliphatic carbocycles. The van der Waals surface area contributed by atoms with Crippen LogP contribution in [0.4, 0.5) is 10.1 Å². The van der Waals surface area contributed by atoms with Gasteiger partial charge in [0.15, 0.2) is 5.78 Å². The number of ether oxygens (including phenoxy) is 1. The minimum atomic E-state index is -0.628. The lowest BCUT2D eigenvalue weighted by Crippen LogP contribution is -2.42. The highest BCUT2D eigenvalue weighted by Gasteiger charge is 2.45. The van der Waals surface area contributed by atoms with Gasteiger partial charge in [-0.1, -0.05) is 44.2 Å². The summed E-state index contributed by atoms with van der Waals surface area (Å²) in [5.41, 5.74) is 12.3. The van der Waals surface area contributed by atoms with Crippen LogP contribution in [-0.2, 0) is 11.4 Å². The van der Waals surface area contributed by atoms with Gasteiger partial charge < -0.3 is 10.5 Å². The van der Waals surface area contributed by atoms with Crippen LogP contribution in [0.1, 0.15) is 54.9 Å². The summed E-state index contributed by atoms with van der Waals surface area (Å²) < 4.78 is 21.3. The second-order valence-electron chi connectivity index (χ2n) is 11.3. The molecule has 0 aromatic heterocycles. The minimum absolute atomic E-state index is 0.0242. The maximum atomic E-state index is 14.3. The van der Waals surface area contributed by atoms with Crippen LogP contribution in [0.3, 0.4) is 0 Å². The van der Waals surface area contributed by atoms with Gasteiger partial charge in [-0.2, -0.15) is 5.26 Å². The van der Waals surface area contributed by atoms with Crippen LogP contribution in [0.15, 0.2) is 87.8 Å². The van der Waals surface area contributed by atoms with E-state index in [1.54, 1.807) is 17.0 Å². The fraction of sp³-hybridized carbons (Fsp3) is 0.273. The van der Waals surface area contributed by atoms with Crippen molar-refractivity contribution in [2.45, 2.75) is 53.1 Å². The van der Waals surface area contributed by atoms with Gasteiger partial charge in [-0.15, -0.1) is 0 Å². The number of rotatable bonds is 5. The summed E-state index contributed by atoms with van der Waals surface area (Å²) in [4.78, 5) is 15.6. The second-order valence-corrected chi connectivity index (χ2v) is 12.2. The fourth-order valence-corrected chi connectivity index (χ4v) is 6.23. The first kappa shape index (κ1) is 27.7. The molecule has 0 spiro atoms. The molecule has 3 aromatic carbocycles. The van der Waals surface area contributed by atoms with Crippen molar-refractivity contribution in [2.75, 3.05) is 4.90 Å². The summed E-state index contributed by atoms with van der Waals surface area (Å²) in [6.07, 6.45) is 0.907. The number of para-hydroxylation sites is 1. The fourth-order valence-electron chi connectivity index (χ4n) is 5.83. The molecule has 204 valence electrons. The van der Waals surface area contributed by atoms with Crippen LogP contribution >= 0.6 is 15.9 Å². The van der Waals surface area contributed by atoms with Gasteiger partial charge in [-0.05, 0) is 94.2 Å². The van der Waals surface area contributed by atoms with Crippen LogP contribution in [0, 0.1) is 36.4 Å². The van der Waals surface area contributed by atoms with E-state index in [0.717, 1.165) is 38.2 Å². The Hall–Kier alpha value is -3.89. The molecule has 1 unspecified atom stereocenters. The number of Topliss-reactive ketones (excluding diaryl/α,β-unsaturated/α-hetero) is 1. The molecule has 1 atom stereocenters. The molecule has 40 heavy (non-hydrogen) atoms. The van der Waals surface area contributed by atoms with Gasteiger partial charge in [0.1, 0.15) is 24.0 Å². The van der Waals surface area contributed by atoms with Crippen molar-refractivity contribution in [3.63, 3.8) is 0 Å². The Morgan fingerprint density at radius 3 is 2.55 bits per heavy atom. The van der Waals surface area contributed by atoms with E-state index < -0.39 is 11.7 Å². The quantitative estimate of drug-likeness (QED) is 0.324. The summed E-state index contributed by atoms with van der Waals surface area (Å²) in [5.74, 6) is -0.129. The standard InChI is InChI=1S/C33H31BrFN3O2/c1-19-12-20(2)24(13-21(19)18-40-29-11-6-5-10-26(29)34)30-25(17-36)32(37)38(23-9-7-8-22(35)14-23)27-15-33(3,4)16-28(39)31(27)30/h5-14,30H,15-16,18,37H2,1-4H3. The van der Waals surface area contributed by atoms with Crippen molar-refractivity contribution >= 4 is 27.4 Å². The van der Waals surface area contributed by atoms with Gasteiger partial charge in [0.2, 0.25) is 0 Å². The van der Waals surface area contributed by atoms with Crippen molar-refractivity contribution in [1.29, 1.82) is 5.26 Å². The molecule has 0 fully saturated rings. The molecule has 3 aromatic rings. The SMILES string of the molecule is Cc1cc(C)c(C2C(C#N)=C(N)N(c3cccc(F)c3)C3=C2C(=O)CC(C)(C)C3)cc1COc1ccccc1Br. The maximum absolute atomic E-state index is 14.3. The Bertz CT molecular complexity index is 1630. The average Bonchev–Trinajstić information content (AvgIpc) is 2.88. The molecule has 1 heterocycles. The molecule has 0 radical (unpaired) electrons. The Morgan fingerprint density at radius 1 is 1.10 bits per heavy atom. The van der Waals surface area contributed by atoms with Crippen molar-refractivity contribution in [3.8, 4) is 11.8 Å². The normalized spacial score (nSPS) is 18.5. The number of halogens is 2. The highest BCUT2D eigenvalue weighted by molar-refractivity contribution is 9.10. The Morgan fingerprint density at radius 2 is 1.85 bits per heavy atom. The lowest BCUT2D eigenvalue weighted by atomic mass is 9.68. The third-order valence-corrected chi connectivity index (χ3v) is 8.36. The zero-order chi connectivity index (χ0) is 28.8. The third kappa shape index (κ3) is 5.04. The number of carbonyl (C=O) groups is 1. The molecule has 2 N–H and O–H groups in total. The first-order valence-corrected chi connectivity index (χ1v) is 14.0. The smallest absolute Gasteiger partial charge is 0.162 e. The molecule has 7 heteroatoms. The number of nitriles is 1. The largest absolute Gasteiger partial charge is 0.488 e. The monoisotopic (exact) mass is 599 g/mol. The maximum Gasteiger partial charge on any atom is 0.162 e. The van der Waals surface area contributed by atoms with Crippen LogP contribution in [-0.4, -0.2) is 5.78 Å². The predicted octanol–water partition coefficient (Wildman–Crippen LogP) is 7.72.